The largest absolute Gasteiger partial charge is 0.506 e. The van der Waals surface area contributed by atoms with Gasteiger partial charge in [-0.2, -0.15) is 0 Å². The van der Waals surface area contributed by atoms with Crippen LogP contribution in [0.25, 0.3) is 22.0 Å². The van der Waals surface area contributed by atoms with Gasteiger partial charge < -0.3 is 40.0 Å². The maximum atomic E-state index is 12.9. The van der Waals surface area contributed by atoms with Crippen molar-refractivity contribution in [1.29, 1.82) is 0 Å². The maximum Gasteiger partial charge on any atom is 0.409 e. The van der Waals surface area contributed by atoms with Crippen LogP contribution in [0.15, 0.2) is 89.7 Å². The lowest BCUT2D eigenvalue weighted by Gasteiger charge is -2.19. The van der Waals surface area contributed by atoms with Crippen molar-refractivity contribution in [1.82, 2.24) is 15.2 Å². The SMILES string of the molecule is COc1cc(OCC(=O)N(C)CCCc2ccc(-c3ccccc3)c(NC(=O)O)c2)c(Cl)cc1CNC[C@H](O)c1ccc(O)c2[nH]c(=O)ccc12.Cl.Cl. The molecule has 53 heavy (non-hydrogen) atoms. The Bertz CT molecular complexity index is 2080. The number of aryl methyl sites for hydroxylation is 1. The second-order valence-corrected chi connectivity index (χ2v) is 12.3. The predicted molar refractivity (Wildman–Crippen MR) is 210 cm³/mol. The van der Waals surface area contributed by atoms with E-state index in [0.717, 1.165) is 16.7 Å². The molecular weight excluding hydrogens is 747 g/mol. The fraction of sp³-hybridized carbons (Fsp3) is 0.237. The zero-order valence-electron chi connectivity index (χ0n) is 28.9. The number of carbonyl (C=O) groups is 2. The Morgan fingerprint density at radius 2 is 1.74 bits per heavy atom. The molecule has 282 valence electrons. The quantitative estimate of drug-likeness (QED) is 0.0668. The number of likely N-dealkylation sites (N-methyl/N-ethyl adjacent to an activating group) is 1. The number of aliphatic hydroxyl groups is 1. The number of phenols is 1. The van der Waals surface area contributed by atoms with E-state index in [0.29, 0.717) is 47.3 Å². The first kappa shape index (κ1) is 42.4. The summed E-state index contributed by atoms with van der Waals surface area (Å²) in [5.74, 6) is 0.415. The number of rotatable bonds is 15. The number of amides is 2. The van der Waals surface area contributed by atoms with E-state index in [2.05, 4.69) is 15.6 Å². The molecule has 0 unspecified atom stereocenters. The minimum absolute atomic E-state index is 0. The van der Waals surface area contributed by atoms with Crippen LogP contribution >= 0.6 is 36.4 Å². The molecule has 0 saturated carbocycles. The van der Waals surface area contributed by atoms with Gasteiger partial charge in [0.05, 0.1) is 29.4 Å². The Labute approximate surface area is 323 Å². The molecule has 1 heterocycles. The topological polar surface area (TPSA) is 173 Å². The summed E-state index contributed by atoms with van der Waals surface area (Å²) < 4.78 is 11.3. The molecule has 0 aliphatic heterocycles. The first-order chi connectivity index (χ1) is 24.5. The Balaban J connectivity index is 0.00000378. The van der Waals surface area contributed by atoms with Crippen LogP contribution in [0.3, 0.4) is 0 Å². The van der Waals surface area contributed by atoms with Gasteiger partial charge in [0.25, 0.3) is 5.91 Å². The minimum Gasteiger partial charge on any atom is -0.506 e. The summed E-state index contributed by atoms with van der Waals surface area (Å²) in [6.45, 7) is 0.652. The number of methoxy groups -OCH3 is 1. The molecule has 1 aromatic heterocycles. The van der Waals surface area contributed by atoms with Crippen LogP contribution in [-0.4, -0.2) is 71.1 Å². The van der Waals surface area contributed by atoms with Gasteiger partial charge in [0.1, 0.15) is 17.2 Å². The van der Waals surface area contributed by atoms with Gasteiger partial charge in [-0.05, 0) is 53.8 Å². The van der Waals surface area contributed by atoms with E-state index in [-0.39, 0.29) is 78.0 Å². The molecule has 0 bridgehead atoms. The highest BCUT2D eigenvalue weighted by molar-refractivity contribution is 6.32. The Morgan fingerprint density at radius 3 is 2.45 bits per heavy atom. The van der Waals surface area contributed by atoms with Crippen molar-refractivity contribution in [2.24, 2.45) is 0 Å². The highest BCUT2D eigenvalue weighted by atomic mass is 35.5. The number of nitrogens with one attached hydrogen (secondary N) is 3. The minimum atomic E-state index is -1.14. The lowest BCUT2D eigenvalue weighted by molar-refractivity contribution is -0.132. The van der Waals surface area contributed by atoms with Crippen molar-refractivity contribution in [2.75, 3.05) is 39.2 Å². The van der Waals surface area contributed by atoms with Crippen LogP contribution in [0.5, 0.6) is 17.2 Å². The van der Waals surface area contributed by atoms with Gasteiger partial charge in [-0.25, -0.2) is 4.79 Å². The number of aromatic amines is 1. The van der Waals surface area contributed by atoms with Gasteiger partial charge in [0.2, 0.25) is 5.56 Å². The van der Waals surface area contributed by atoms with Gasteiger partial charge in [-0.3, -0.25) is 14.9 Å². The molecule has 0 aliphatic rings. The smallest absolute Gasteiger partial charge is 0.409 e. The summed E-state index contributed by atoms with van der Waals surface area (Å²) in [5.41, 5.74) is 4.24. The summed E-state index contributed by atoms with van der Waals surface area (Å²) in [6.07, 6.45) is -0.815. The fourth-order valence-corrected chi connectivity index (χ4v) is 5.99. The van der Waals surface area contributed by atoms with Crippen molar-refractivity contribution in [2.45, 2.75) is 25.5 Å². The zero-order valence-corrected chi connectivity index (χ0v) is 31.3. The van der Waals surface area contributed by atoms with Crippen LogP contribution in [0.1, 0.15) is 29.2 Å². The molecule has 12 nitrogen and oxygen atoms in total. The van der Waals surface area contributed by atoms with E-state index < -0.39 is 12.2 Å². The van der Waals surface area contributed by atoms with Gasteiger partial charge in [-0.1, -0.05) is 60.1 Å². The summed E-state index contributed by atoms with van der Waals surface area (Å²) in [7, 11) is 3.19. The number of hydrogen-bond donors (Lipinski definition) is 6. The van der Waals surface area contributed by atoms with E-state index in [1.165, 1.54) is 19.2 Å². The van der Waals surface area contributed by atoms with Crippen LogP contribution in [0.2, 0.25) is 5.02 Å². The molecule has 0 fully saturated rings. The number of nitrogens with zero attached hydrogens (tertiary/aromatic N) is 1. The maximum absolute atomic E-state index is 12.9. The Morgan fingerprint density at radius 1 is 0.981 bits per heavy atom. The average Bonchev–Trinajstić information content (AvgIpc) is 3.11. The highest BCUT2D eigenvalue weighted by Gasteiger charge is 2.17. The normalized spacial score (nSPS) is 11.2. The molecule has 6 N–H and O–H groups in total. The molecule has 0 aliphatic carbocycles. The molecule has 0 spiro atoms. The number of aliphatic hydroxyl groups excluding tert-OH is 1. The van der Waals surface area contributed by atoms with Gasteiger partial charge in [-0.15, -0.1) is 24.8 Å². The molecule has 1 atom stereocenters. The van der Waals surface area contributed by atoms with E-state index >= 15 is 0 Å². The average molecular weight is 788 g/mol. The molecule has 0 radical (unpaired) electrons. The number of aromatic hydroxyl groups is 1. The number of phenolic OH excluding ortho intramolecular Hbond substituents is 1. The number of fused-ring (bicyclic) bond motifs is 1. The summed E-state index contributed by atoms with van der Waals surface area (Å²) >= 11 is 6.52. The molecule has 0 saturated heterocycles. The number of aromatic nitrogens is 1. The molecule has 5 aromatic rings. The van der Waals surface area contributed by atoms with E-state index in [4.69, 9.17) is 21.1 Å². The fourth-order valence-electron chi connectivity index (χ4n) is 5.75. The summed E-state index contributed by atoms with van der Waals surface area (Å²) in [4.78, 5) is 40.2. The molecular formula is C38H41Cl3N4O8. The number of H-pyrrole nitrogens is 1. The number of halogens is 3. The summed E-state index contributed by atoms with van der Waals surface area (Å²) in [6, 6.07) is 24.4. The number of ether oxygens (including phenoxy) is 2. The first-order valence-corrected chi connectivity index (χ1v) is 16.6. The number of benzene rings is 4. The lowest BCUT2D eigenvalue weighted by atomic mass is 9.99. The van der Waals surface area contributed by atoms with E-state index in [1.54, 1.807) is 36.2 Å². The second-order valence-electron chi connectivity index (χ2n) is 11.9. The highest BCUT2D eigenvalue weighted by Crippen LogP contribution is 2.34. The molecule has 15 heteroatoms. The third kappa shape index (κ3) is 11.0. The van der Waals surface area contributed by atoms with Crippen LogP contribution < -0.4 is 25.7 Å². The predicted octanol–water partition coefficient (Wildman–Crippen LogP) is 6.79. The van der Waals surface area contributed by atoms with Crippen molar-refractivity contribution < 1.29 is 34.4 Å². The van der Waals surface area contributed by atoms with Gasteiger partial charge in [0.15, 0.2) is 6.61 Å². The monoisotopic (exact) mass is 786 g/mol. The van der Waals surface area contributed by atoms with Crippen LogP contribution in [0, 0.1) is 0 Å². The number of anilines is 1. The standard InChI is InChI=1S/C38H39ClN4O8.2ClH/c1-43(16-6-7-23-10-11-26(24-8-4-3-5-9-24)30(17-23)41-38(48)49)36(47)22-51-34-19-33(50-2)25(18-29(34)39)20-40-21-32(45)27-12-14-31(44)37-28(27)13-15-35(46)42-37;;/h3-5,8-15,17-19,32,40-41,44-45H,6-7,16,20-22H2,1-2H3,(H,42,46)(H,48,49);2*1H/t32-;;/m0../s1. The van der Waals surface area contributed by atoms with Crippen molar-refractivity contribution in [3.8, 4) is 28.4 Å². The molecule has 2 amide bonds. The zero-order chi connectivity index (χ0) is 36.5. The number of hydrogen-bond acceptors (Lipinski definition) is 8. The van der Waals surface area contributed by atoms with Crippen molar-refractivity contribution in [3.05, 3.63) is 117 Å². The Hall–Kier alpha value is -4.98. The van der Waals surface area contributed by atoms with Crippen molar-refractivity contribution >= 4 is 65.0 Å². The third-order valence-corrected chi connectivity index (χ3v) is 8.70. The molecule has 4 aromatic carbocycles. The Kier molecular flexibility index (Phi) is 15.8. The van der Waals surface area contributed by atoms with Gasteiger partial charge in [0, 0.05) is 55.3 Å². The summed E-state index contributed by atoms with van der Waals surface area (Å²) in [5, 5.41) is 36.8. The van der Waals surface area contributed by atoms with Crippen LogP contribution in [-0.2, 0) is 17.8 Å². The van der Waals surface area contributed by atoms with Crippen molar-refractivity contribution in [3.63, 3.8) is 0 Å². The number of carbonyl (C=O) groups excluding carboxylic acids is 1. The number of pyridine rings is 1. The third-order valence-electron chi connectivity index (χ3n) is 8.40. The van der Waals surface area contributed by atoms with Crippen LogP contribution in [0.4, 0.5) is 10.5 Å². The molecule has 5 rings (SSSR count). The second kappa shape index (κ2) is 19.7. The van der Waals surface area contributed by atoms with Gasteiger partial charge >= 0.3 is 6.09 Å². The number of carboxylic acid groups (broad SMARTS) is 1. The van der Waals surface area contributed by atoms with E-state index in [1.807, 2.05) is 48.5 Å². The van der Waals surface area contributed by atoms with E-state index in [9.17, 15) is 29.7 Å². The lowest BCUT2D eigenvalue weighted by Crippen LogP contribution is -2.32. The first-order valence-electron chi connectivity index (χ1n) is 16.2.